The van der Waals surface area contributed by atoms with Crippen molar-refractivity contribution in [2.75, 3.05) is 13.1 Å². The number of halogens is 1. The molecule has 6 rings (SSSR count). The molecule has 4 aromatic carbocycles. The van der Waals surface area contributed by atoms with E-state index in [-0.39, 0.29) is 41.5 Å². The first kappa shape index (κ1) is 57.9. The van der Waals surface area contributed by atoms with Crippen LogP contribution < -0.4 is 20.5 Å². The fourth-order valence-corrected chi connectivity index (χ4v) is 8.50. The smallest absolute Gasteiger partial charge is 0.306 e. The summed E-state index contributed by atoms with van der Waals surface area (Å²) in [5.41, 5.74) is 8.62. The lowest BCUT2D eigenvalue weighted by Gasteiger charge is -2.37. The lowest BCUT2D eigenvalue weighted by molar-refractivity contribution is -0.156. The highest BCUT2D eigenvalue weighted by Gasteiger charge is 2.30. The molecule has 2 aliphatic rings. The average Bonchev–Trinajstić information content (AvgIpc) is 3.24. The third kappa shape index (κ3) is 21.1. The number of carbonyl (C=O) groups excluding carboxylic acids is 3. The Bertz CT molecular complexity index is 2230. The Kier molecular flexibility index (Phi) is 22.6. The number of rotatable bonds is 14. The number of esters is 2. The van der Waals surface area contributed by atoms with Crippen molar-refractivity contribution in [1.29, 1.82) is 0 Å². The maximum atomic E-state index is 11.8. The van der Waals surface area contributed by atoms with Gasteiger partial charge in [0.05, 0.1) is 6.10 Å². The monoisotopic (exact) mass is 957 g/mol. The fourth-order valence-electron chi connectivity index (χ4n) is 8.50. The van der Waals surface area contributed by atoms with Gasteiger partial charge in [0.15, 0.2) is 0 Å². The summed E-state index contributed by atoms with van der Waals surface area (Å²) >= 11 is 0. The quantitative estimate of drug-likeness (QED) is 0.0550. The first-order valence-electron chi connectivity index (χ1n) is 24.8. The molecule has 0 heterocycles. The highest BCUT2D eigenvalue weighted by Crippen LogP contribution is 2.39. The van der Waals surface area contributed by atoms with Crippen molar-refractivity contribution in [3.63, 3.8) is 0 Å². The molecular weight excluding hydrogens is 872 g/mol. The van der Waals surface area contributed by atoms with Crippen molar-refractivity contribution in [2.24, 2.45) is 22.5 Å². The molecule has 3 N–H and O–H groups in total. The van der Waals surface area contributed by atoms with Crippen molar-refractivity contribution in [1.82, 2.24) is 5.32 Å². The van der Waals surface area contributed by atoms with Gasteiger partial charge in [-0.05, 0) is 186 Å². The third-order valence-electron chi connectivity index (χ3n) is 12.2. The van der Waals surface area contributed by atoms with Gasteiger partial charge in [0.25, 0.3) is 0 Å². The molecule has 68 heavy (non-hydrogen) atoms. The molecule has 0 spiro atoms. The van der Waals surface area contributed by atoms with Crippen LogP contribution in [0, 0.1) is 16.7 Å². The van der Waals surface area contributed by atoms with Crippen LogP contribution in [0.4, 0.5) is 0 Å². The molecule has 2 aliphatic carbocycles. The minimum absolute atomic E-state index is 0. The van der Waals surface area contributed by atoms with Gasteiger partial charge in [-0.1, -0.05) is 89.6 Å². The highest BCUT2D eigenvalue weighted by atomic mass is 35.5. The molecule has 0 saturated heterocycles. The van der Waals surface area contributed by atoms with Crippen LogP contribution in [0.25, 0.3) is 21.5 Å². The van der Waals surface area contributed by atoms with Gasteiger partial charge in [0.1, 0.15) is 35.1 Å². The molecule has 10 heteroatoms. The Labute approximate surface area is 415 Å². The average molecular weight is 958 g/mol. The molecule has 1 atom stereocenters. The number of carbonyl (C=O) groups is 3. The summed E-state index contributed by atoms with van der Waals surface area (Å²) in [6, 6.07) is 24.8. The zero-order valence-corrected chi connectivity index (χ0v) is 44.4. The van der Waals surface area contributed by atoms with Crippen LogP contribution in [0.2, 0.25) is 0 Å². The Morgan fingerprint density at radius 3 is 1.66 bits per heavy atom. The lowest BCUT2D eigenvalue weighted by Crippen LogP contribution is -2.30. The van der Waals surface area contributed by atoms with E-state index in [9.17, 15) is 14.4 Å². The van der Waals surface area contributed by atoms with Crippen LogP contribution in [-0.4, -0.2) is 54.7 Å². The summed E-state index contributed by atoms with van der Waals surface area (Å²) in [6.45, 7) is 27.3. The molecule has 0 aromatic heterocycles. The molecule has 1 fully saturated rings. The van der Waals surface area contributed by atoms with E-state index < -0.39 is 5.60 Å². The summed E-state index contributed by atoms with van der Waals surface area (Å²) in [5.74, 6) is 2.40. The number of allylic oxidation sites excluding steroid dienone is 1. The Balaban J connectivity index is 0.000000303. The van der Waals surface area contributed by atoms with E-state index in [4.69, 9.17) is 24.7 Å². The second-order valence-corrected chi connectivity index (χ2v) is 22.5. The molecule has 0 bridgehead atoms. The van der Waals surface area contributed by atoms with E-state index in [1.807, 2.05) is 71.9 Å². The number of benzene rings is 4. The number of aldehydes is 1. The van der Waals surface area contributed by atoms with Gasteiger partial charge in [-0.2, -0.15) is 0 Å². The van der Waals surface area contributed by atoms with E-state index in [0.29, 0.717) is 42.9 Å². The van der Waals surface area contributed by atoms with Crippen LogP contribution in [0.3, 0.4) is 0 Å². The second-order valence-electron chi connectivity index (χ2n) is 22.5. The fraction of sp³-hybridized carbons (Fsp3) is 0.569. The number of hydrogen-bond donors (Lipinski definition) is 2. The molecule has 4 aromatic rings. The summed E-state index contributed by atoms with van der Waals surface area (Å²) in [5, 5.41) is 8.04. The van der Waals surface area contributed by atoms with Gasteiger partial charge in [-0.3, -0.25) is 14.4 Å². The number of nitrogens with two attached hydrogens (primary N) is 1. The first-order valence-corrected chi connectivity index (χ1v) is 24.8. The summed E-state index contributed by atoms with van der Waals surface area (Å²) < 4.78 is 22.9. The van der Waals surface area contributed by atoms with Crippen LogP contribution in [-0.2, 0) is 25.6 Å². The summed E-state index contributed by atoms with van der Waals surface area (Å²) in [4.78, 5) is 33.6. The number of hydrogen-bond acceptors (Lipinski definition) is 9. The molecular formula is C58H85ClN2O7. The number of nitrogens with one attached hydrogen (secondary N) is 1. The van der Waals surface area contributed by atoms with Crippen LogP contribution in [0.1, 0.15) is 170 Å². The molecule has 0 unspecified atom stereocenters. The van der Waals surface area contributed by atoms with Gasteiger partial charge in [-0.15, -0.1) is 12.4 Å². The van der Waals surface area contributed by atoms with E-state index in [0.717, 1.165) is 86.1 Å². The summed E-state index contributed by atoms with van der Waals surface area (Å²) in [6.07, 6.45) is 14.2. The van der Waals surface area contributed by atoms with E-state index in [1.54, 1.807) is 5.57 Å². The van der Waals surface area contributed by atoms with Gasteiger partial charge in [0, 0.05) is 31.4 Å². The molecule has 9 nitrogen and oxygen atoms in total. The van der Waals surface area contributed by atoms with Crippen molar-refractivity contribution < 1.29 is 33.3 Å². The predicted molar refractivity (Wildman–Crippen MR) is 283 cm³/mol. The normalized spacial score (nSPS) is 17.5. The first-order chi connectivity index (χ1) is 31.4. The molecule has 0 amide bonds. The van der Waals surface area contributed by atoms with Crippen molar-refractivity contribution >= 4 is 52.2 Å². The molecule has 0 radical (unpaired) electrons. The molecule has 0 aliphatic heterocycles. The van der Waals surface area contributed by atoms with E-state index >= 15 is 0 Å². The molecule has 376 valence electrons. The maximum Gasteiger partial charge on any atom is 0.306 e. The van der Waals surface area contributed by atoms with Crippen molar-refractivity contribution in [2.45, 2.75) is 184 Å². The zero-order valence-electron chi connectivity index (χ0n) is 43.6. The largest absolute Gasteiger partial charge is 0.490 e. The summed E-state index contributed by atoms with van der Waals surface area (Å²) in [7, 11) is 0. The van der Waals surface area contributed by atoms with Crippen molar-refractivity contribution in [3.8, 4) is 11.5 Å². The van der Waals surface area contributed by atoms with Gasteiger partial charge < -0.3 is 30.0 Å². The van der Waals surface area contributed by atoms with E-state index in [1.165, 1.54) is 29.2 Å². The Morgan fingerprint density at radius 1 is 0.647 bits per heavy atom. The standard InChI is InChI=1S/C29H41NO3.C21H26O2.C8H17NO2.ClH/c1-28(2,3)24-12-15-25(16-13-24)32-26-14-11-22-18-21(9-10-23(22)19-26)20-30-17-7-8-27(31)33-29(4,5)6;1-21(2,3)18-7-10-19(11-8-18)23-20-9-6-16-12-15(14-22)4-5-17(16)13-20;1-8(2,3)11-7(10)5-4-6-9;/h9-12,14,18-19,25,30H,7-8,13,15-17,20H2,1-6H3;4-6,9,12-14,18-19H,7-8,10-11H2,1-3H3;4-6,9H2,1-3H3;1H/t25-;;;/m1.../s1. The van der Waals surface area contributed by atoms with Gasteiger partial charge >= 0.3 is 11.9 Å². The van der Waals surface area contributed by atoms with Crippen molar-refractivity contribution in [3.05, 3.63) is 95.6 Å². The number of fused-ring (bicyclic) bond motifs is 2. The molecule has 1 saturated carbocycles. The SMILES string of the molecule is CC(C)(C)C1CCC(Oc2ccc3cc(C=O)ccc3c2)CC1.CC(C)(C)OC(=O)CCCN.CC(C)(C)OC(=O)CCCNCc1ccc2cc(O[C@@H]3CC=C(C(C)(C)C)CC3)ccc2c1.Cl. The minimum Gasteiger partial charge on any atom is -0.490 e. The van der Waals surface area contributed by atoms with Crippen LogP contribution in [0.5, 0.6) is 11.5 Å². The minimum atomic E-state index is -0.413. The number of ether oxygens (including phenoxy) is 4. The topological polar surface area (TPSA) is 126 Å². The van der Waals surface area contributed by atoms with Gasteiger partial charge in [-0.25, -0.2) is 0 Å². The third-order valence-corrected chi connectivity index (χ3v) is 12.2. The van der Waals surface area contributed by atoms with Crippen LogP contribution in [0.15, 0.2) is 84.4 Å². The maximum absolute atomic E-state index is 11.8. The second kappa shape index (κ2) is 26.5. The van der Waals surface area contributed by atoms with Crippen LogP contribution >= 0.6 is 12.4 Å². The Morgan fingerprint density at radius 2 is 1.16 bits per heavy atom. The van der Waals surface area contributed by atoms with Gasteiger partial charge in [0.2, 0.25) is 0 Å². The predicted octanol–water partition coefficient (Wildman–Crippen LogP) is 14.1. The zero-order chi connectivity index (χ0) is 49.4. The van der Waals surface area contributed by atoms with E-state index in [2.05, 4.69) is 95.4 Å². The lowest BCUT2D eigenvalue weighted by atomic mass is 9.72. The Hall–Kier alpha value is -4.44. The highest BCUT2D eigenvalue weighted by molar-refractivity contribution is 5.89.